The number of hydrogen-bond donors (Lipinski definition) is 0. The Labute approximate surface area is 180 Å². The van der Waals surface area contributed by atoms with E-state index in [1.807, 2.05) is 48.5 Å². The molecule has 7 heteroatoms. The molecule has 4 rings (SSSR count). The summed E-state index contributed by atoms with van der Waals surface area (Å²) in [6.45, 7) is 0.687. The van der Waals surface area contributed by atoms with E-state index in [1.165, 1.54) is 4.90 Å². The van der Waals surface area contributed by atoms with Crippen LogP contribution in [0.15, 0.2) is 73.1 Å². The highest BCUT2D eigenvalue weighted by Crippen LogP contribution is 2.31. The number of fused-ring (bicyclic) bond motifs is 1. The fourth-order valence-corrected chi connectivity index (χ4v) is 3.45. The Hall–Kier alpha value is -3.87. The van der Waals surface area contributed by atoms with Gasteiger partial charge in [0.2, 0.25) is 5.91 Å². The van der Waals surface area contributed by atoms with Gasteiger partial charge in [-0.05, 0) is 47.5 Å². The van der Waals surface area contributed by atoms with Gasteiger partial charge in [0.25, 0.3) is 5.91 Å². The Kier molecular flexibility index (Phi) is 6.12. The van der Waals surface area contributed by atoms with E-state index < -0.39 is 0 Å². The molecule has 2 aromatic carbocycles. The van der Waals surface area contributed by atoms with E-state index in [0.29, 0.717) is 24.5 Å². The van der Waals surface area contributed by atoms with Crippen LogP contribution in [0.25, 0.3) is 0 Å². The second-order valence-electron chi connectivity index (χ2n) is 7.19. The lowest BCUT2D eigenvalue weighted by molar-refractivity contribution is -0.133. The van der Waals surface area contributed by atoms with Crippen molar-refractivity contribution in [2.24, 2.45) is 0 Å². The fraction of sp³-hybridized carbons (Fsp3) is 0.208. The number of anilines is 1. The summed E-state index contributed by atoms with van der Waals surface area (Å²) < 4.78 is 10.7. The molecule has 2 heterocycles. The number of methoxy groups -OCH3 is 1. The number of ether oxygens (including phenoxy) is 2. The van der Waals surface area contributed by atoms with Gasteiger partial charge in [-0.25, -0.2) is 0 Å². The molecule has 158 valence electrons. The van der Waals surface area contributed by atoms with Crippen molar-refractivity contribution in [3.8, 4) is 11.5 Å². The zero-order valence-electron chi connectivity index (χ0n) is 17.2. The van der Waals surface area contributed by atoms with Gasteiger partial charge in [0, 0.05) is 25.5 Å². The van der Waals surface area contributed by atoms with Crippen molar-refractivity contribution in [1.29, 1.82) is 0 Å². The largest absolute Gasteiger partial charge is 0.497 e. The Bertz CT molecular complexity index is 1050. The van der Waals surface area contributed by atoms with Crippen molar-refractivity contribution in [3.05, 3.63) is 84.2 Å². The Balaban J connectivity index is 1.56. The Morgan fingerprint density at radius 1 is 1.03 bits per heavy atom. The van der Waals surface area contributed by atoms with Crippen LogP contribution in [0.3, 0.4) is 0 Å². The second-order valence-corrected chi connectivity index (χ2v) is 7.19. The predicted molar refractivity (Wildman–Crippen MR) is 116 cm³/mol. The zero-order chi connectivity index (χ0) is 21.6. The smallest absolute Gasteiger partial charge is 0.265 e. The van der Waals surface area contributed by atoms with E-state index >= 15 is 0 Å². The van der Waals surface area contributed by atoms with E-state index in [-0.39, 0.29) is 25.0 Å². The average molecular weight is 417 g/mol. The summed E-state index contributed by atoms with van der Waals surface area (Å²) in [5, 5.41) is 0. The summed E-state index contributed by atoms with van der Waals surface area (Å²) in [7, 11) is 1.62. The number of pyridine rings is 1. The van der Waals surface area contributed by atoms with Crippen LogP contribution >= 0.6 is 0 Å². The minimum Gasteiger partial charge on any atom is -0.497 e. The first-order valence-electron chi connectivity index (χ1n) is 9.96. The normalized spacial score (nSPS) is 12.7. The molecule has 0 radical (unpaired) electrons. The molecular weight excluding hydrogens is 394 g/mol. The van der Waals surface area contributed by atoms with E-state index in [2.05, 4.69) is 4.98 Å². The van der Waals surface area contributed by atoms with E-state index in [1.54, 1.807) is 36.5 Å². The monoisotopic (exact) mass is 417 g/mol. The SMILES string of the molecule is COc1ccc(CN(Cc2ccncc2)C(=O)CN2C(=O)COc3ccccc32)cc1. The lowest BCUT2D eigenvalue weighted by Crippen LogP contribution is -2.46. The molecule has 0 saturated carbocycles. The number of rotatable bonds is 7. The molecule has 2 amide bonds. The van der Waals surface area contributed by atoms with Gasteiger partial charge in [-0.2, -0.15) is 0 Å². The maximum Gasteiger partial charge on any atom is 0.265 e. The van der Waals surface area contributed by atoms with Crippen LogP contribution in [0.5, 0.6) is 11.5 Å². The number of para-hydroxylation sites is 2. The van der Waals surface area contributed by atoms with Crippen molar-refractivity contribution in [1.82, 2.24) is 9.88 Å². The number of carbonyl (C=O) groups excluding carboxylic acids is 2. The average Bonchev–Trinajstić information content (AvgIpc) is 2.81. The molecule has 1 aliphatic heterocycles. The quantitative estimate of drug-likeness (QED) is 0.591. The van der Waals surface area contributed by atoms with Crippen LogP contribution < -0.4 is 14.4 Å². The van der Waals surface area contributed by atoms with Gasteiger partial charge in [0.05, 0.1) is 12.8 Å². The fourth-order valence-electron chi connectivity index (χ4n) is 3.45. The van der Waals surface area contributed by atoms with Crippen molar-refractivity contribution in [2.75, 3.05) is 25.2 Å². The standard InChI is InChI=1S/C24H23N3O4/c1-30-20-8-6-18(7-9-20)14-26(15-19-10-12-25-13-11-19)23(28)16-27-21-4-2-3-5-22(21)31-17-24(27)29/h2-13H,14-17H2,1H3. The third-order valence-electron chi connectivity index (χ3n) is 5.11. The van der Waals surface area contributed by atoms with Crippen LogP contribution in [-0.4, -0.2) is 42.0 Å². The highest BCUT2D eigenvalue weighted by Gasteiger charge is 2.28. The maximum atomic E-state index is 13.3. The van der Waals surface area contributed by atoms with Gasteiger partial charge in [0.15, 0.2) is 6.61 Å². The van der Waals surface area contributed by atoms with E-state index in [4.69, 9.17) is 9.47 Å². The minimum atomic E-state index is -0.236. The number of hydrogen-bond acceptors (Lipinski definition) is 5. The van der Waals surface area contributed by atoms with Gasteiger partial charge < -0.3 is 14.4 Å². The summed E-state index contributed by atoms with van der Waals surface area (Å²) in [5.74, 6) is 0.968. The predicted octanol–water partition coefficient (Wildman–Crippen LogP) is 3.04. The first-order chi connectivity index (χ1) is 15.1. The molecule has 0 atom stereocenters. The first kappa shape index (κ1) is 20.4. The summed E-state index contributed by atoms with van der Waals surface area (Å²) >= 11 is 0. The van der Waals surface area contributed by atoms with Gasteiger partial charge >= 0.3 is 0 Å². The molecule has 0 aliphatic carbocycles. The molecular formula is C24H23N3O4. The maximum absolute atomic E-state index is 13.3. The summed E-state index contributed by atoms with van der Waals surface area (Å²) in [5.41, 5.74) is 2.54. The molecule has 0 bridgehead atoms. The van der Waals surface area contributed by atoms with Crippen molar-refractivity contribution >= 4 is 17.5 Å². The lowest BCUT2D eigenvalue weighted by Gasteiger charge is -2.31. The third-order valence-corrected chi connectivity index (χ3v) is 5.11. The number of aromatic nitrogens is 1. The molecule has 3 aromatic rings. The van der Waals surface area contributed by atoms with Crippen molar-refractivity contribution in [3.63, 3.8) is 0 Å². The minimum absolute atomic E-state index is 0.0551. The lowest BCUT2D eigenvalue weighted by atomic mass is 10.1. The van der Waals surface area contributed by atoms with Gasteiger partial charge in [-0.15, -0.1) is 0 Å². The number of carbonyl (C=O) groups is 2. The number of nitrogens with zero attached hydrogens (tertiary/aromatic N) is 3. The van der Waals surface area contributed by atoms with Crippen LogP contribution in [0.4, 0.5) is 5.69 Å². The Morgan fingerprint density at radius 3 is 2.42 bits per heavy atom. The molecule has 1 aliphatic rings. The topological polar surface area (TPSA) is 72.0 Å². The number of benzene rings is 2. The van der Waals surface area contributed by atoms with Gasteiger partial charge in [-0.3, -0.25) is 19.5 Å². The van der Waals surface area contributed by atoms with Gasteiger partial charge in [-0.1, -0.05) is 24.3 Å². The van der Waals surface area contributed by atoms with Crippen LogP contribution in [0, 0.1) is 0 Å². The highest BCUT2D eigenvalue weighted by molar-refractivity contribution is 6.02. The third kappa shape index (κ3) is 4.83. The molecule has 0 spiro atoms. The molecule has 31 heavy (non-hydrogen) atoms. The molecule has 0 saturated heterocycles. The molecule has 1 aromatic heterocycles. The van der Waals surface area contributed by atoms with Crippen LogP contribution in [0.1, 0.15) is 11.1 Å². The van der Waals surface area contributed by atoms with Crippen molar-refractivity contribution < 1.29 is 19.1 Å². The molecule has 0 fully saturated rings. The van der Waals surface area contributed by atoms with E-state index in [0.717, 1.165) is 16.9 Å². The summed E-state index contributed by atoms with van der Waals surface area (Å²) in [6, 6.07) is 18.6. The molecule has 7 nitrogen and oxygen atoms in total. The second kappa shape index (κ2) is 9.30. The Morgan fingerprint density at radius 2 is 1.71 bits per heavy atom. The summed E-state index contributed by atoms with van der Waals surface area (Å²) in [4.78, 5) is 33.1. The van der Waals surface area contributed by atoms with E-state index in [9.17, 15) is 9.59 Å². The van der Waals surface area contributed by atoms with Gasteiger partial charge in [0.1, 0.15) is 18.0 Å². The number of amides is 2. The molecule has 0 N–H and O–H groups in total. The first-order valence-corrected chi connectivity index (χ1v) is 9.96. The highest BCUT2D eigenvalue weighted by atomic mass is 16.5. The van der Waals surface area contributed by atoms with Crippen LogP contribution in [0.2, 0.25) is 0 Å². The van der Waals surface area contributed by atoms with Crippen molar-refractivity contribution in [2.45, 2.75) is 13.1 Å². The summed E-state index contributed by atoms with van der Waals surface area (Å²) in [6.07, 6.45) is 3.40. The molecule has 0 unspecified atom stereocenters. The van der Waals surface area contributed by atoms with Crippen LogP contribution in [-0.2, 0) is 22.7 Å². The zero-order valence-corrected chi connectivity index (χ0v) is 17.2.